The zero-order valence-corrected chi connectivity index (χ0v) is 20.4. The van der Waals surface area contributed by atoms with Gasteiger partial charge in [0, 0.05) is 13.1 Å². The molecule has 0 radical (unpaired) electrons. The van der Waals surface area contributed by atoms with Crippen LogP contribution in [-0.4, -0.2) is 49.0 Å². The second-order valence-electron chi connectivity index (χ2n) is 5.67. The fourth-order valence-corrected chi connectivity index (χ4v) is 5.61. The average Bonchev–Trinajstić information content (AvgIpc) is 3.18. The van der Waals surface area contributed by atoms with Crippen LogP contribution < -0.4 is 14.8 Å². The van der Waals surface area contributed by atoms with Gasteiger partial charge in [-0.1, -0.05) is 0 Å². The van der Waals surface area contributed by atoms with Crippen LogP contribution >= 0.6 is 56.9 Å². The Hall–Kier alpha value is -1.02. The Morgan fingerprint density at radius 1 is 1.04 bits per heavy atom. The molecule has 27 heavy (non-hydrogen) atoms. The van der Waals surface area contributed by atoms with Crippen molar-refractivity contribution in [1.29, 1.82) is 10.8 Å². The molecule has 0 bridgehead atoms. The zero-order valence-electron chi connectivity index (χ0n) is 15.3. The summed E-state index contributed by atoms with van der Waals surface area (Å²) in [5.41, 5.74) is 2.10. The third-order valence-corrected chi connectivity index (χ3v) is 8.55. The summed E-state index contributed by atoms with van der Waals surface area (Å²) in [4.78, 5) is 7.24. The maximum absolute atomic E-state index is 8.47. The number of hydrogen-bond donors (Lipinski definition) is 3. The highest BCUT2D eigenvalue weighted by atomic mass is 127. The van der Waals surface area contributed by atoms with Crippen LogP contribution in [-0.2, 0) is 0 Å². The number of ether oxygens (including phenoxy) is 2. The van der Waals surface area contributed by atoms with Crippen LogP contribution in [0.4, 0.5) is 0 Å². The summed E-state index contributed by atoms with van der Waals surface area (Å²) in [6.45, 7) is 5.78. The summed E-state index contributed by atoms with van der Waals surface area (Å²) >= 11 is 5.89. The number of fused-ring (bicyclic) bond motifs is 1. The van der Waals surface area contributed by atoms with Crippen molar-refractivity contribution in [1.82, 2.24) is 10.2 Å². The lowest BCUT2D eigenvalue weighted by Gasteiger charge is -2.19. The molecule has 0 aliphatic carbocycles. The average molecular weight is 611 g/mol. The standard InChI is InChI=1S/C17H19I2N5O2S/c1-5-24(6-2)17-23-16(21)14(27-17)11-7-8(15(20)22-11)13(26-4)10(19)9(18)12(7)25-3/h21H,5-6H2,1-4H3,(H2,20,22)/b14-11+,21-16?. The fourth-order valence-electron chi connectivity index (χ4n) is 3.03. The normalized spacial score (nSPS) is 18.4. The maximum atomic E-state index is 8.47. The Morgan fingerprint density at radius 2 is 1.59 bits per heavy atom. The second-order valence-corrected chi connectivity index (χ2v) is 8.80. The molecule has 0 aromatic heterocycles. The topological polar surface area (TPSA) is 93.8 Å². The van der Waals surface area contributed by atoms with Crippen LogP contribution in [0.5, 0.6) is 11.5 Å². The molecule has 1 aromatic rings. The van der Waals surface area contributed by atoms with Crippen LogP contribution in [0.25, 0.3) is 5.70 Å². The summed E-state index contributed by atoms with van der Waals surface area (Å²) in [7, 11) is 3.22. The monoisotopic (exact) mass is 611 g/mol. The van der Waals surface area contributed by atoms with Gasteiger partial charge < -0.3 is 19.7 Å². The van der Waals surface area contributed by atoms with Gasteiger partial charge in [0.25, 0.3) is 0 Å². The molecule has 3 rings (SSSR count). The summed E-state index contributed by atoms with van der Waals surface area (Å²) in [5, 5.41) is 20.8. The van der Waals surface area contributed by atoms with E-state index in [1.807, 2.05) is 0 Å². The molecule has 0 saturated carbocycles. The minimum atomic E-state index is 0.194. The summed E-state index contributed by atoms with van der Waals surface area (Å²) < 4.78 is 13.1. The van der Waals surface area contributed by atoms with E-state index < -0.39 is 0 Å². The lowest BCUT2D eigenvalue weighted by Crippen LogP contribution is -2.27. The first-order valence-corrected chi connectivity index (χ1v) is 11.2. The van der Waals surface area contributed by atoms with E-state index in [2.05, 4.69) is 74.2 Å². The largest absolute Gasteiger partial charge is 0.495 e. The molecule has 7 nitrogen and oxygen atoms in total. The summed E-state index contributed by atoms with van der Waals surface area (Å²) in [6, 6.07) is 0. The van der Waals surface area contributed by atoms with Gasteiger partial charge in [0.05, 0.1) is 43.1 Å². The number of thioether (sulfide) groups is 1. The first-order valence-electron chi connectivity index (χ1n) is 8.23. The number of hydrogen-bond acceptors (Lipinski definition) is 6. The maximum Gasteiger partial charge on any atom is 0.171 e. The number of methoxy groups -OCH3 is 2. The number of nitrogens with one attached hydrogen (secondary N) is 3. The van der Waals surface area contributed by atoms with Gasteiger partial charge in [-0.05, 0) is 70.8 Å². The lowest BCUT2D eigenvalue weighted by molar-refractivity contribution is 0.396. The van der Waals surface area contributed by atoms with Gasteiger partial charge in [0.2, 0.25) is 0 Å². The van der Waals surface area contributed by atoms with Crippen LogP contribution in [0.2, 0.25) is 0 Å². The highest BCUT2D eigenvalue weighted by molar-refractivity contribution is 14.1. The van der Waals surface area contributed by atoms with E-state index in [4.69, 9.17) is 20.3 Å². The lowest BCUT2D eigenvalue weighted by atomic mass is 10.0. The fraction of sp³-hybridized carbons (Fsp3) is 0.353. The molecule has 3 N–H and O–H groups in total. The molecule has 0 fully saturated rings. The molecule has 0 spiro atoms. The Balaban J connectivity index is 2.22. The van der Waals surface area contributed by atoms with Crippen molar-refractivity contribution in [3.63, 3.8) is 0 Å². The van der Waals surface area contributed by atoms with E-state index in [0.29, 0.717) is 27.7 Å². The van der Waals surface area contributed by atoms with Crippen molar-refractivity contribution in [2.45, 2.75) is 13.8 Å². The van der Waals surface area contributed by atoms with Gasteiger partial charge in [-0.3, -0.25) is 10.8 Å². The Kier molecular flexibility index (Phi) is 6.25. The van der Waals surface area contributed by atoms with Gasteiger partial charge in [0.1, 0.15) is 17.3 Å². The third kappa shape index (κ3) is 3.33. The molecule has 2 heterocycles. The Bertz CT molecular complexity index is 909. The van der Waals surface area contributed by atoms with Gasteiger partial charge in [-0.2, -0.15) is 0 Å². The van der Waals surface area contributed by atoms with Crippen LogP contribution in [0.3, 0.4) is 0 Å². The van der Waals surface area contributed by atoms with Crippen molar-refractivity contribution in [3.05, 3.63) is 23.2 Å². The molecule has 0 saturated heterocycles. The van der Waals surface area contributed by atoms with Crippen LogP contribution in [0.1, 0.15) is 25.0 Å². The minimum absolute atomic E-state index is 0.194. The van der Waals surface area contributed by atoms with E-state index >= 15 is 0 Å². The van der Waals surface area contributed by atoms with Crippen molar-refractivity contribution in [3.8, 4) is 11.5 Å². The highest BCUT2D eigenvalue weighted by Crippen LogP contribution is 2.48. The number of aliphatic imine (C=N–C) groups is 1. The van der Waals surface area contributed by atoms with Crippen molar-refractivity contribution >= 4 is 79.5 Å². The van der Waals surface area contributed by atoms with Gasteiger partial charge in [-0.25, -0.2) is 4.99 Å². The van der Waals surface area contributed by atoms with Gasteiger partial charge >= 0.3 is 0 Å². The predicted octanol–water partition coefficient (Wildman–Crippen LogP) is 3.93. The van der Waals surface area contributed by atoms with Crippen LogP contribution in [0, 0.1) is 18.0 Å². The quantitative estimate of drug-likeness (QED) is 0.449. The number of nitrogens with zero attached hydrogens (tertiary/aromatic N) is 2. The molecular formula is C17H19I2N5O2S. The van der Waals surface area contributed by atoms with E-state index in [9.17, 15) is 0 Å². The van der Waals surface area contributed by atoms with Crippen molar-refractivity contribution in [2.24, 2.45) is 4.99 Å². The van der Waals surface area contributed by atoms with Crippen molar-refractivity contribution in [2.75, 3.05) is 27.3 Å². The van der Waals surface area contributed by atoms with Crippen LogP contribution in [0.15, 0.2) is 9.90 Å². The highest BCUT2D eigenvalue weighted by Gasteiger charge is 2.37. The smallest absolute Gasteiger partial charge is 0.171 e. The first kappa shape index (κ1) is 20.7. The summed E-state index contributed by atoms with van der Waals surface area (Å²) in [6.07, 6.45) is 0. The van der Waals surface area contributed by atoms with E-state index in [0.717, 1.165) is 31.0 Å². The number of amidine groups is 3. The van der Waals surface area contributed by atoms with Gasteiger partial charge in [-0.15, -0.1) is 0 Å². The molecular weight excluding hydrogens is 592 g/mol. The third-order valence-electron chi connectivity index (χ3n) is 4.33. The first-order chi connectivity index (χ1) is 12.9. The Labute approximate surface area is 189 Å². The molecule has 0 amide bonds. The second kappa shape index (κ2) is 8.15. The summed E-state index contributed by atoms with van der Waals surface area (Å²) in [5.74, 6) is 1.75. The van der Waals surface area contributed by atoms with E-state index in [1.165, 1.54) is 11.8 Å². The Morgan fingerprint density at radius 3 is 2.11 bits per heavy atom. The molecule has 1 aromatic carbocycles. The predicted molar refractivity (Wildman–Crippen MR) is 128 cm³/mol. The number of benzene rings is 1. The molecule has 10 heteroatoms. The molecule has 2 aliphatic heterocycles. The molecule has 0 atom stereocenters. The number of rotatable bonds is 4. The number of halogens is 2. The van der Waals surface area contributed by atoms with Gasteiger partial charge in [0.15, 0.2) is 11.0 Å². The van der Waals surface area contributed by atoms with Crippen molar-refractivity contribution < 1.29 is 9.47 Å². The molecule has 144 valence electrons. The SMILES string of the molecule is CCN(CC)C1=NC(=N)/C(=C2\NC(=N)c3c(OC)c(I)c(I)c(OC)c32)S1. The van der Waals surface area contributed by atoms with E-state index in [1.54, 1.807) is 14.2 Å². The minimum Gasteiger partial charge on any atom is -0.495 e. The zero-order chi connectivity index (χ0) is 19.9. The molecule has 2 aliphatic rings. The molecule has 0 unspecified atom stereocenters. The van der Waals surface area contributed by atoms with E-state index in [-0.39, 0.29) is 11.7 Å².